The van der Waals surface area contributed by atoms with Gasteiger partial charge in [0, 0.05) is 13.0 Å². The van der Waals surface area contributed by atoms with Crippen LogP contribution in [-0.4, -0.2) is 21.1 Å². The number of aldehydes is 1. The van der Waals surface area contributed by atoms with Gasteiger partial charge in [0.1, 0.15) is 18.9 Å². The summed E-state index contributed by atoms with van der Waals surface area (Å²) >= 11 is 0. The van der Waals surface area contributed by atoms with E-state index in [1.165, 1.54) is 6.33 Å². The van der Waals surface area contributed by atoms with E-state index in [2.05, 4.69) is 10.1 Å². The lowest BCUT2D eigenvalue weighted by Crippen LogP contribution is -1.97. The van der Waals surface area contributed by atoms with Crippen molar-refractivity contribution in [2.45, 2.75) is 19.4 Å². The number of aryl methyl sites for hydroxylation is 1. The molecule has 1 aromatic heterocycles. The van der Waals surface area contributed by atoms with Crippen LogP contribution in [0.25, 0.3) is 0 Å². The van der Waals surface area contributed by atoms with Gasteiger partial charge in [0.2, 0.25) is 0 Å². The molecule has 0 spiro atoms. The van der Waals surface area contributed by atoms with Crippen LogP contribution in [0.5, 0.6) is 0 Å². The third-order valence-electron chi connectivity index (χ3n) is 1.18. The molecule has 0 unspecified atom stereocenters. The van der Waals surface area contributed by atoms with Crippen LogP contribution in [0.4, 0.5) is 0 Å². The zero-order chi connectivity index (χ0) is 7.23. The third kappa shape index (κ3) is 1.97. The molecule has 0 saturated heterocycles. The SMILES string of the molecule is O=CCCCn1cncn1. The number of nitrogens with zero attached hydrogens (tertiary/aromatic N) is 3. The summed E-state index contributed by atoms with van der Waals surface area (Å²) in [5.74, 6) is 0. The van der Waals surface area contributed by atoms with Crippen LogP contribution in [0.2, 0.25) is 0 Å². The maximum absolute atomic E-state index is 9.89. The first-order chi connectivity index (χ1) is 4.93. The van der Waals surface area contributed by atoms with Gasteiger partial charge in [0.25, 0.3) is 0 Å². The van der Waals surface area contributed by atoms with Crippen molar-refractivity contribution in [2.75, 3.05) is 0 Å². The molecule has 0 aliphatic heterocycles. The van der Waals surface area contributed by atoms with E-state index < -0.39 is 0 Å². The van der Waals surface area contributed by atoms with Gasteiger partial charge in [0.05, 0.1) is 0 Å². The van der Waals surface area contributed by atoms with E-state index in [1.54, 1.807) is 11.0 Å². The standard InChI is InChI=1S/C6H9N3O/c10-4-2-1-3-9-6-7-5-8-9/h4-6H,1-3H2. The Kier molecular flexibility index (Phi) is 2.61. The van der Waals surface area contributed by atoms with E-state index in [-0.39, 0.29) is 0 Å². The largest absolute Gasteiger partial charge is 0.303 e. The van der Waals surface area contributed by atoms with E-state index in [4.69, 9.17) is 0 Å². The van der Waals surface area contributed by atoms with Crippen LogP contribution in [-0.2, 0) is 11.3 Å². The van der Waals surface area contributed by atoms with Crippen LogP contribution >= 0.6 is 0 Å². The fourth-order valence-electron chi connectivity index (χ4n) is 0.685. The minimum absolute atomic E-state index is 0.597. The quantitative estimate of drug-likeness (QED) is 0.444. The monoisotopic (exact) mass is 139 g/mol. The van der Waals surface area contributed by atoms with Crippen molar-refractivity contribution in [3.05, 3.63) is 12.7 Å². The van der Waals surface area contributed by atoms with E-state index in [9.17, 15) is 4.79 Å². The number of hydrogen-bond donors (Lipinski definition) is 0. The number of aromatic nitrogens is 3. The molecule has 0 aliphatic rings. The van der Waals surface area contributed by atoms with Gasteiger partial charge < -0.3 is 4.79 Å². The van der Waals surface area contributed by atoms with Crippen molar-refractivity contribution < 1.29 is 4.79 Å². The van der Waals surface area contributed by atoms with Crippen molar-refractivity contribution in [2.24, 2.45) is 0 Å². The highest BCUT2D eigenvalue weighted by atomic mass is 16.1. The normalized spacial score (nSPS) is 9.60. The van der Waals surface area contributed by atoms with E-state index in [1.807, 2.05) is 0 Å². The molecule has 4 heteroatoms. The molecular formula is C6H9N3O. The average molecular weight is 139 g/mol. The summed E-state index contributed by atoms with van der Waals surface area (Å²) in [5.41, 5.74) is 0. The topological polar surface area (TPSA) is 47.8 Å². The summed E-state index contributed by atoms with van der Waals surface area (Å²) in [4.78, 5) is 13.7. The van der Waals surface area contributed by atoms with Crippen LogP contribution in [0.15, 0.2) is 12.7 Å². The first kappa shape index (κ1) is 6.92. The molecule has 0 aliphatic carbocycles. The lowest BCUT2D eigenvalue weighted by molar-refractivity contribution is -0.107. The molecule has 54 valence electrons. The highest BCUT2D eigenvalue weighted by molar-refractivity contribution is 5.48. The average Bonchev–Trinajstić information content (AvgIpc) is 2.41. The van der Waals surface area contributed by atoms with Crippen LogP contribution in [0.1, 0.15) is 12.8 Å². The second-order valence-corrected chi connectivity index (χ2v) is 1.97. The van der Waals surface area contributed by atoms with Crippen LogP contribution in [0.3, 0.4) is 0 Å². The Labute approximate surface area is 58.9 Å². The Morgan fingerprint density at radius 3 is 3.10 bits per heavy atom. The Bertz CT molecular complexity index is 183. The van der Waals surface area contributed by atoms with Gasteiger partial charge in [-0.25, -0.2) is 4.98 Å². The first-order valence-corrected chi connectivity index (χ1v) is 3.19. The lowest BCUT2D eigenvalue weighted by Gasteiger charge is -1.94. The molecular weight excluding hydrogens is 130 g/mol. The zero-order valence-electron chi connectivity index (χ0n) is 5.60. The van der Waals surface area contributed by atoms with Gasteiger partial charge in [-0.3, -0.25) is 4.68 Å². The molecule has 1 rings (SSSR count). The lowest BCUT2D eigenvalue weighted by atomic mass is 10.3. The Morgan fingerprint density at radius 1 is 1.60 bits per heavy atom. The zero-order valence-corrected chi connectivity index (χ0v) is 5.60. The molecule has 0 atom stereocenters. The first-order valence-electron chi connectivity index (χ1n) is 3.19. The molecule has 0 bridgehead atoms. The summed E-state index contributed by atoms with van der Waals surface area (Å²) in [6.07, 6.45) is 5.48. The van der Waals surface area contributed by atoms with Crippen molar-refractivity contribution in [3.8, 4) is 0 Å². The van der Waals surface area contributed by atoms with Crippen molar-refractivity contribution in [1.82, 2.24) is 14.8 Å². The molecule has 0 N–H and O–H groups in total. The van der Waals surface area contributed by atoms with E-state index >= 15 is 0 Å². The fraction of sp³-hybridized carbons (Fsp3) is 0.500. The maximum atomic E-state index is 9.89. The second-order valence-electron chi connectivity index (χ2n) is 1.97. The molecule has 0 fully saturated rings. The third-order valence-corrected chi connectivity index (χ3v) is 1.18. The van der Waals surface area contributed by atoms with Crippen LogP contribution in [0, 0.1) is 0 Å². The number of carbonyl (C=O) groups is 1. The number of unbranched alkanes of at least 4 members (excludes halogenated alkanes) is 1. The predicted octanol–water partition coefficient (Wildman–Crippen LogP) is 0.257. The number of carbonyl (C=O) groups excluding carboxylic acids is 1. The van der Waals surface area contributed by atoms with Crippen molar-refractivity contribution >= 4 is 6.29 Å². The highest BCUT2D eigenvalue weighted by Crippen LogP contribution is 1.88. The Morgan fingerprint density at radius 2 is 2.50 bits per heavy atom. The summed E-state index contributed by atoms with van der Waals surface area (Å²) in [5, 5.41) is 3.88. The molecule has 1 aromatic rings. The number of rotatable bonds is 4. The fourth-order valence-corrected chi connectivity index (χ4v) is 0.685. The van der Waals surface area contributed by atoms with Crippen molar-refractivity contribution in [1.29, 1.82) is 0 Å². The summed E-state index contributed by atoms with van der Waals surface area (Å²) < 4.78 is 1.71. The van der Waals surface area contributed by atoms with Gasteiger partial charge in [-0.15, -0.1) is 0 Å². The molecule has 0 saturated carbocycles. The molecule has 0 amide bonds. The molecule has 0 aromatic carbocycles. The van der Waals surface area contributed by atoms with Crippen LogP contribution < -0.4 is 0 Å². The minimum Gasteiger partial charge on any atom is -0.303 e. The second kappa shape index (κ2) is 3.76. The molecule has 4 nitrogen and oxygen atoms in total. The van der Waals surface area contributed by atoms with Gasteiger partial charge in [-0.05, 0) is 6.42 Å². The Hall–Kier alpha value is -1.19. The summed E-state index contributed by atoms with van der Waals surface area (Å²) in [6, 6.07) is 0. The maximum Gasteiger partial charge on any atom is 0.137 e. The van der Waals surface area contributed by atoms with E-state index in [0.717, 1.165) is 19.3 Å². The van der Waals surface area contributed by atoms with Gasteiger partial charge in [0.15, 0.2) is 0 Å². The minimum atomic E-state index is 0.597. The highest BCUT2D eigenvalue weighted by Gasteiger charge is 1.88. The van der Waals surface area contributed by atoms with Gasteiger partial charge in [-0.1, -0.05) is 0 Å². The summed E-state index contributed by atoms with van der Waals surface area (Å²) in [7, 11) is 0. The molecule has 10 heavy (non-hydrogen) atoms. The number of hydrogen-bond acceptors (Lipinski definition) is 3. The Balaban J connectivity index is 2.21. The smallest absolute Gasteiger partial charge is 0.137 e. The van der Waals surface area contributed by atoms with Gasteiger partial charge >= 0.3 is 0 Å². The van der Waals surface area contributed by atoms with E-state index in [0.29, 0.717) is 6.42 Å². The molecule has 0 radical (unpaired) electrons. The molecule has 1 heterocycles. The predicted molar refractivity (Wildman–Crippen MR) is 35.3 cm³/mol. The van der Waals surface area contributed by atoms with Crippen molar-refractivity contribution in [3.63, 3.8) is 0 Å². The summed E-state index contributed by atoms with van der Waals surface area (Å²) in [6.45, 7) is 0.777. The van der Waals surface area contributed by atoms with Gasteiger partial charge in [-0.2, -0.15) is 5.10 Å².